The van der Waals surface area contributed by atoms with E-state index in [1.54, 1.807) is 7.11 Å². The topological polar surface area (TPSA) is 48.8 Å². The number of hydrogen-bond acceptors (Lipinski definition) is 3. The molecule has 0 saturated carbocycles. The monoisotopic (exact) mass is 296 g/mol. The second kappa shape index (κ2) is 5.71. The van der Waals surface area contributed by atoms with Crippen molar-refractivity contribution in [1.29, 1.82) is 5.26 Å². The molecule has 2 aromatic rings. The Hall–Kier alpha value is -2.12. The minimum atomic E-state index is 0.527. The van der Waals surface area contributed by atoms with Gasteiger partial charge in [-0.2, -0.15) is 5.26 Å². The summed E-state index contributed by atoms with van der Waals surface area (Å²) >= 11 is 5.38. The van der Waals surface area contributed by atoms with Gasteiger partial charge in [-0.1, -0.05) is 30.4 Å². The van der Waals surface area contributed by atoms with Gasteiger partial charge in [0, 0.05) is 16.8 Å². The lowest BCUT2D eigenvalue weighted by molar-refractivity contribution is 0.416. The fourth-order valence-corrected chi connectivity index (χ4v) is 3.31. The molecule has 0 amide bonds. The van der Waals surface area contributed by atoms with Crippen molar-refractivity contribution in [1.82, 2.24) is 4.98 Å². The lowest BCUT2D eigenvalue weighted by Crippen LogP contribution is -2.10. The third-order valence-corrected chi connectivity index (χ3v) is 4.31. The Morgan fingerprint density at radius 3 is 2.76 bits per heavy atom. The summed E-state index contributed by atoms with van der Waals surface area (Å²) in [6.07, 6.45) is 4.27. The largest absolute Gasteiger partial charge is 0.496 e. The highest BCUT2D eigenvalue weighted by Gasteiger charge is 2.21. The average molecular weight is 296 g/mol. The molecule has 0 bridgehead atoms. The van der Waals surface area contributed by atoms with Gasteiger partial charge in [-0.25, -0.2) is 0 Å². The Kier molecular flexibility index (Phi) is 3.76. The van der Waals surface area contributed by atoms with Crippen LogP contribution >= 0.6 is 12.2 Å². The van der Waals surface area contributed by atoms with E-state index in [-0.39, 0.29) is 0 Å². The van der Waals surface area contributed by atoms with Gasteiger partial charge in [0.25, 0.3) is 0 Å². The summed E-state index contributed by atoms with van der Waals surface area (Å²) in [5.74, 6) is 0.780. The molecule has 3 nitrogen and oxygen atoms in total. The number of pyridine rings is 1. The van der Waals surface area contributed by atoms with E-state index in [1.165, 1.54) is 11.3 Å². The molecule has 3 rings (SSSR count). The number of hydrogen-bond donors (Lipinski definition) is 1. The van der Waals surface area contributed by atoms with Crippen molar-refractivity contribution in [3.8, 4) is 22.9 Å². The van der Waals surface area contributed by atoms with Crippen LogP contribution in [0.1, 0.15) is 29.7 Å². The van der Waals surface area contributed by atoms with Gasteiger partial charge in [0.05, 0.1) is 12.7 Å². The number of nitrogens with zero attached hydrogens (tertiary/aromatic N) is 1. The van der Waals surface area contributed by atoms with Crippen LogP contribution in [-0.2, 0) is 12.8 Å². The van der Waals surface area contributed by atoms with Crippen LogP contribution in [0.15, 0.2) is 24.3 Å². The van der Waals surface area contributed by atoms with Crippen molar-refractivity contribution in [2.24, 2.45) is 0 Å². The van der Waals surface area contributed by atoms with Crippen LogP contribution in [0.5, 0.6) is 5.75 Å². The Labute approximate surface area is 129 Å². The predicted molar refractivity (Wildman–Crippen MR) is 85.0 cm³/mol. The van der Waals surface area contributed by atoms with E-state index in [9.17, 15) is 5.26 Å². The summed E-state index contributed by atoms with van der Waals surface area (Å²) < 4.78 is 6.00. The predicted octanol–water partition coefficient (Wildman–Crippen LogP) is 4.17. The third-order valence-electron chi connectivity index (χ3n) is 4.00. The first-order valence-corrected chi connectivity index (χ1v) is 7.48. The lowest BCUT2D eigenvalue weighted by Gasteiger charge is -2.21. The lowest BCUT2D eigenvalue weighted by atomic mass is 9.87. The van der Waals surface area contributed by atoms with Crippen LogP contribution in [-0.4, -0.2) is 12.1 Å². The van der Waals surface area contributed by atoms with Crippen LogP contribution in [0, 0.1) is 16.0 Å². The molecule has 0 aliphatic heterocycles. The van der Waals surface area contributed by atoms with Crippen LogP contribution in [0.4, 0.5) is 0 Å². The highest BCUT2D eigenvalue weighted by Crippen LogP contribution is 2.38. The third kappa shape index (κ3) is 2.34. The number of benzene rings is 1. The van der Waals surface area contributed by atoms with Crippen molar-refractivity contribution < 1.29 is 4.74 Å². The number of nitriles is 1. The molecule has 0 atom stereocenters. The second-order valence-electron chi connectivity index (χ2n) is 5.18. The first kappa shape index (κ1) is 13.8. The molecular weight excluding hydrogens is 280 g/mol. The molecule has 0 saturated heterocycles. The van der Waals surface area contributed by atoms with Crippen LogP contribution in [0.3, 0.4) is 0 Å². The number of fused-ring (bicyclic) bond motifs is 1. The fourth-order valence-electron chi connectivity index (χ4n) is 3.04. The minimum absolute atomic E-state index is 0.527. The highest BCUT2D eigenvalue weighted by atomic mass is 32.1. The molecule has 1 aliphatic carbocycles. The van der Waals surface area contributed by atoms with Crippen molar-refractivity contribution in [2.75, 3.05) is 7.11 Å². The fraction of sp³-hybridized carbons (Fsp3) is 0.294. The quantitative estimate of drug-likeness (QED) is 0.846. The number of nitrogens with one attached hydrogen (secondary N) is 1. The minimum Gasteiger partial charge on any atom is -0.496 e. The normalized spacial score (nSPS) is 13.3. The molecule has 0 unspecified atom stereocenters. The Morgan fingerprint density at radius 2 is 2.00 bits per heavy atom. The molecule has 1 aliphatic rings. The van der Waals surface area contributed by atoms with Gasteiger partial charge >= 0.3 is 0 Å². The number of aryl methyl sites for hydroxylation is 1. The van der Waals surface area contributed by atoms with E-state index in [0.29, 0.717) is 10.2 Å². The Morgan fingerprint density at radius 1 is 1.24 bits per heavy atom. The van der Waals surface area contributed by atoms with E-state index in [2.05, 4.69) is 11.1 Å². The van der Waals surface area contributed by atoms with E-state index < -0.39 is 0 Å². The van der Waals surface area contributed by atoms with Crippen molar-refractivity contribution in [3.05, 3.63) is 45.7 Å². The highest BCUT2D eigenvalue weighted by molar-refractivity contribution is 7.71. The molecule has 1 aromatic carbocycles. The molecule has 106 valence electrons. The summed E-state index contributed by atoms with van der Waals surface area (Å²) in [7, 11) is 1.65. The summed E-state index contributed by atoms with van der Waals surface area (Å²) in [5.41, 5.74) is 4.85. The van der Waals surface area contributed by atoms with Crippen molar-refractivity contribution in [2.45, 2.75) is 25.7 Å². The van der Waals surface area contributed by atoms with Gasteiger partial charge in [0.15, 0.2) is 0 Å². The average Bonchev–Trinajstić information content (AvgIpc) is 2.53. The van der Waals surface area contributed by atoms with Gasteiger partial charge < -0.3 is 9.72 Å². The molecule has 4 heteroatoms. The van der Waals surface area contributed by atoms with Gasteiger partial charge in [0.1, 0.15) is 16.5 Å². The van der Waals surface area contributed by atoms with Crippen molar-refractivity contribution in [3.63, 3.8) is 0 Å². The number of para-hydroxylation sites is 1. The van der Waals surface area contributed by atoms with Crippen LogP contribution in [0.25, 0.3) is 11.1 Å². The number of methoxy groups -OCH3 is 1. The molecular formula is C17H16N2OS. The zero-order valence-electron chi connectivity index (χ0n) is 11.9. The summed E-state index contributed by atoms with van der Waals surface area (Å²) in [5, 5.41) is 9.55. The Balaban J connectivity index is 2.38. The molecule has 21 heavy (non-hydrogen) atoms. The molecule has 0 radical (unpaired) electrons. The molecule has 0 spiro atoms. The van der Waals surface area contributed by atoms with Gasteiger partial charge in [0.2, 0.25) is 0 Å². The van der Waals surface area contributed by atoms with E-state index >= 15 is 0 Å². The van der Waals surface area contributed by atoms with E-state index in [0.717, 1.165) is 42.6 Å². The van der Waals surface area contributed by atoms with Crippen LogP contribution < -0.4 is 4.74 Å². The van der Waals surface area contributed by atoms with Crippen molar-refractivity contribution >= 4 is 12.2 Å². The molecule has 1 N–H and O–H groups in total. The van der Waals surface area contributed by atoms with Gasteiger partial charge in [-0.05, 0) is 37.3 Å². The van der Waals surface area contributed by atoms with Gasteiger partial charge in [-0.3, -0.25) is 0 Å². The first-order chi connectivity index (χ1) is 10.3. The zero-order valence-corrected chi connectivity index (χ0v) is 12.7. The molecule has 0 fully saturated rings. The molecule has 1 aromatic heterocycles. The molecule has 1 heterocycles. The Bertz CT molecular complexity index is 786. The SMILES string of the molecule is COc1ccccc1-c1c2c([nH]c(=S)c1C#N)CCCC2. The first-order valence-electron chi connectivity index (χ1n) is 7.07. The van der Waals surface area contributed by atoms with Crippen LogP contribution in [0.2, 0.25) is 0 Å². The summed E-state index contributed by atoms with van der Waals surface area (Å²) in [6.45, 7) is 0. The maximum absolute atomic E-state index is 9.55. The summed E-state index contributed by atoms with van der Waals surface area (Å²) in [6, 6.07) is 10.1. The van der Waals surface area contributed by atoms with E-state index in [1.807, 2.05) is 24.3 Å². The number of H-pyrrole nitrogens is 1. The van der Waals surface area contributed by atoms with E-state index in [4.69, 9.17) is 17.0 Å². The number of ether oxygens (including phenoxy) is 1. The number of aromatic amines is 1. The number of rotatable bonds is 2. The smallest absolute Gasteiger partial charge is 0.126 e. The maximum Gasteiger partial charge on any atom is 0.126 e. The van der Waals surface area contributed by atoms with Gasteiger partial charge in [-0.15, -0.1) is 0 Å². The maximum atomic E-state index is 9.55. The summed E-state index contributed by atoms with van der Waals surface area (Å²) in [4.78, 5) is 3.25. The number of aromatic nitrogens is 1. The zero-order chi connectivity index (χ0) is 14.8. The standard InChI is InChI=1S/C17H16N2OS/c1-20-15-9-5-3-7-12(15)16-11-6-2-4-8-14(11)19-17(21)13(16)10-18/h3,5,7,9H,2,4,6,8H2,1H3,(H,19,21). The second-order valence-corrected chi connectivity index (χ2v) is 5.59.